The van der Waals surface area contributed by atoms with Crippen LogP contribution in [0.3, 0.4) is 0 Å². The molecule has 1 amide bonds. The Morgan fingerprint density at radius 3 is 2.47 bits per heavy atom. The Labute approximate surface area is 105 Å². The maximum absolute atomic E-state index is 12.4. The van der Waals surface area contributed by atoms with Crippen LogP contribution < -0.4 is 0 Å². The molecule has 3 nitrogen and oxygen atoms in total. The molecule has 1 saturated carbocycles. The molecule has 17 heavy (non-hydrogen) atoms. The highest BCUT2D eigenvalue weighted by Gasteiger charge is 2.37. The molecule has 0 aromatic heterocycles. The minimum atomic E-state index is 0.183. The van der Waals surface area contributed by atoms with Crippen molar-refractivity contribution in [1.29, 1.82) is 0 Å². The lowest BCUT2D eigenvalue weighted by Gasteiger charge is -2.32. The van der Waals surface area contributed by atoms with E-state index in [1.807, 2.05) is 0 Å². The molecule has 0 radical (unpaired) electrons. The molecule has 2 atom stereocenters. The zero-order valence-electron chi connectivity index (χ0n) is 11.3. The summed E-state index contributed by atoms with van der Waals surface area (Å²) in [5, 5.41) is 0. The van der Waals surface area contributed by atoms with Crippen LogP contribution in [0.15, 0.2) is 0 Å². The molecule has 1 aliphatic carbocycles. The van der Waals surface area contributed by atoms with E-state index in [2.05, 4.69) is 25.7 Å². The van der Waals surface area contributed by atoms with E-state index >= 15 is 0 Å². The molecule has 1 heterocycles. The Hall–Kier alpha value is -0.570. The summed E-state index contributed by atoms with van der Waals surface area (Å²) in [6.07, 6.45) is 5.32. The molecule has 2 rings (SSSR count). The number of carbonyl (C=O) groups excluding carboxylic acids is 1. The molecule has 3 heteroatoms. The zero-order chi connectivity index (χ0) is 12.4. The summed E-state index contributed by atoms with van der Waals surface area (Å²) >= 11 is 0. The largest absolute Gasteiger partial charge is 0.378 e. The standard InChI is InChI=1S/C14H25NO2/c1-10(2)11(3)15(12-6-7-12)14(16)9-13-5-4-8-17-13/h10-13H,4-9H2,1-3H3. The Balaban J connectivity index is 1.92. The molecular weight excluding hydrogens is 214 g/mol. The highest BCUT2D eigenvalue weighted by molar-refractivity contribution is 5.77. The van der Waals surface area contributed by atoms with Gasteiger partial charge in [0.25, 0.3) is 0 Å². The molecule has 0 N–H and O–H groups in total. The van der Waals surface area contributed by atoms with Crippen LogP contribution in [0.25, 0.3) is 0 Å². The number of ether oxygens (including phenoxy) is 1. The van der Waals surface area contributed by atoms with Crippen LogP contribution in [-0.2, 0) is 9.53 Å². The Kier molecular flexibility index (Phi) is 4.08. The maximum Gasteiger partial charge on any atom is 0.225 e. The first-order valence-electron chi connectivity index (χ1n) is 7.02. The number of rotatable bonds is 5. The molecule has 0 spiro atoms. The second-order valence-corrected chi connectivity index (χ2v) is 5.86. The van der Waals surface area contributed by atoms with Crippen molar-refractivity contribution in [3.8, 4) is 0 Å². The molecular formula is C14H25NO2. The van der Waals surface area contributed by atoms with Gasteiger partial charge in [0.05, 0.1) is 12.5 Å². The average Bonchev–Trinajstić information content (AvgIpc) is 2.96. The number of carbonyl (C=O) groups is 1. The van der Waals surface area contributed by atoms with E-state index in [9.17, 15) is 4.79 Å². The normalized spacial score (nSPS) is 26.2. The lowest BCUT2D eigenvalue weighted by atomic mass is 10.0. The smallest absolute Gasteiger partial charge is 0.225 e. The molecule has 0 aromatic carbocycles. The van der Waals surface area contributed by atoms with Crippen LogP contribution in [0.4, 0.5) is 0 Å². The van der Waals surface area contributed by atoms with E-state index in [0.29, 0.717) is 30.3 Å². The van der Waals surface area contributed by atoms with Crippen molar-refractivity contribution in [1.82, 2.24) is 4.90 Å². The number of hydrogen-bond acceptors (Lipinski definition) is 2. The summed E-state index contributed by atoms with van der Waals surface area (Å²) in [6.45, 7) is 7.40. The van der Waals surface area contributed by atoms with Crippen molar-refractivity contribution < 1.29 is 9.53 Å². The van der Waals surface area contributed by atoms with Gasteiger partial charge in [-0.25, -0.2) is 0 Å². The van der Waals surface area contributed by atoms with E-state index in [1.54, 1.807) is 0 Å². The molecule has 2 aliphatic rings. The van der Waals surface area contributed by atoms with E-state index in [-0.39, 0.29) is 6.10 Å². The fourth-order valence-electron chi connectivity index (χ4n) is 2.54. The topological polar surface area (TPSA) is 29.5 Å². The maximum atomic E-state index is 12.4. The highest BCUT2D eigenvalue weighted by Crippen LogP contribution is 2.32. The van der Waals surface area contributed by atoms with Crippen molar-refractivity contribution in [3.63, 3.8) is 0 Å². The van der Waals surface area contributed by atoms with Gasteiger partial charge in [0, 0.05) is 18.7 Å². The van der Waals surface area contributed by atoms with Crippen LogP contribution in [0, 0.1) is 5.92 Å². The van der Waals surface area contributed by atoms with Gasteiger partial charge in [-0.2, -0.15) is 0 Å². The van der Waals surface area contributed by atoms with Crippen LogP contribution in [0.2, 0.25) is 0 Å². The fraction of sp³-hybridized carbons (Fsp3) is 0.929. The first-order chi connectivity index (χ1) is 8.09. The van der Waals surface area contributed by atoms with E-state index in [4.69, 9.17) is 4.74 Å². The van der Waals surface area contributed by atoms with Gasteiger partial charge >= 0.3 is 0 Å². The minimum absolute atomic E-state index is 0.183. The van der Waals surface area contributed by atoms with Gasteiger partial charge in [-0.3, -0.25) is 4.79 Å². The second-order valence-electron chi connectivity index (χ2n) is 5.86. The van der Waals surface area contributed by atoms with Gasteiger partial charge in [-0.1, -0.05) is 13.8 Å². The Bertz CT molecular complexity index is 267. The molecule has 98 valence electrons. The Morgan fingerprint density at radius 1 is 1.29 bits per heavy atom. The summed E-state index contributed by atoms with van der Waals surface area (Å²) in [4.78, 5) is 14.5. The van der Waals surface area contributed by atoms with Crippen LogP contribution >= 0.6 is 0 Å². The summed E-state index contributed by atoms with van der Waals surface area (Å²) in [5.41, 5.74) is 0. The van der Waals surface area contributed by atoms with Crippen LogP contribution in [0.1, 0.15) is 52.9 Å². The van der Waals surface area contributed by atoms with Crippen molar-refractivity contribution in [2.45, 2.75) is 71.1 Å². The van der Waals surface area contributed by atoms with E-state index in [0.717, 1.165) is 19.4 Å². The molecule has 1 aliphatic heterocycles. The molecule has 0 aromatic rings. The third kappa shape index (κ3) is 3.21. The molecule has 1 saturated heterocycles. The van der Waals surface area contributed by atoms with Crippen LogP contribution in [0.5, 0.6) is 0 Å². The summed E-state index contributed by atoms with van der Waals surface area (Å²) < 4.78 is 5.57. The molecule has 2 fully saturated rings. The Morgan fingerprint density at radius 2 is 2.00 bits per heavy atom. The number of hydrogen-bond donors (Lipinski definition) is 0. The third-order valence-electron chi connectivity index (χ3n) is 4.06. The van der Waals surface area contributed by atoms with Crippen molar-refractivity contribution in [2.75, 3.05) is 6.61 Å². The van der Waals surface area contributed by atoms with Gasteiger partial charge in [0.1, 0.15) is 0 Å². The van der Waals surface area contributed by atoms with Gasteiger partial charge < -0.3 is 9.64 Å². The van der Waals surface area contributed by atoms with Crippen molar-refractivity contribution in [2.24, 2.45) is 5.92 Å². The number of amides is 1. The van der Waals surface area contributed by atoms with Gasteiger partial charge in [-0.15, -0.1) is 0 Å². The quantitative estimate of drug-likeness (QED) is 0.738. The number of nitrogens with zero attached hydrogens (tertiary/aromatic N) is 1. The lowest BCUT2D eigenvalue weighted by Crippen LogP contribution is -2.44. The van der Waals surface area contributed by atoms with E-state index < -0.39 is 0 Å². The predicted octanol–water partition coefficient (Wildman–Crippen LogP) is 2.59. The fourth-order valence-corrected chi connectivity index (χ4v) is 2.54. The molecule has 0 bridgehead atoms. The monoisotopic (exact) mass is 239 g/mol. The third-order valence-corrected chi connectivity index (χ3v) is 4.06. The molecule has 2 unspecified atom stereocenters. The van der Waals surface area contributed by atoms with Gasteiger partial charge in [0.2, 0.25) is 5.91 Å². The zero-order valence-corrected chi connectivity index (χ0v) is 11.3. The van der Waals surface area contributed by atoms with Gasteiger partial charge in [-0.05, 0) is 38.5 Å². The summed E-state index contributed by atoms with van der Waals surface area (Å²) in [5.74, 6) is 0.838. The lowest BCUT2D eigenvalue weighted by molar-refractivity contribution is -0.137. The highest BCUT2D eigenvalue weighted by atomic mass is 16.5. The van der Waals surface area contributed by atoms with Gasteiger partial charge in [0.15, 0.2) is 0 Å². The first kappa shape index (κ1) is 12.9. The van der Waals surface area contributed by atoms with Crippen molar-refractivity contribution in [3.05, 3.63) is 0 Å². The minimum Gasteiger partial charge on any atom is -0.378 e. The first-order valence-corrected chi connectivity index (χ1v) is 7.02. The van der Waals surface area contributed by atoms with E-state index in [1.165, 1.54) is 12.8 Å². The average molecular weight is 239 g/mol. The summed E-state index contributed by atoms with van der Waals surface area (Å²) in [6, 6.07) is 0.873. The van der Waals surface area contributed by atoms with Crippen LogP contribution in [-0.4, -0.2) is 35.6 Å². The predicted molar refractivity (Wildman–Crippen MR) is 67.8 cm³/mol. The second kappa shape index (κ2) is 5.38. The van der Waals surface area contributed by atoms with Crippen molar-refractivity contribution >= 4 is 5.91 Å². The SMILES string of the molecule is CC(C)C(C)N(C(=O)CC1CCCO1)C1CC1. The summed E-state index contributed by atoms with van der Waals surface area (Å²) in [7, 11) is 0.